The third kappa shape index (κ3) is 2.30. The van der Waals surface area contributed by atoms with Crippen molar-refractivity contribution in [2.45, 2.75) is 6.04 Å². The molecule has 2 nitrogen and oxygen atoms in total. The van der Waals surface area contributed by atoms with Crippen LogP contribution in [0.4, 0.5) is 0 Å². The number of hydrogen-bond donors (Lipinski definition) is 1. The molecule has 0 spiro atoms. The van der Waals surface area contributed by atoms with Gasteiger partial charge in [-0.1, -0.05) is 28.1 Å². The molecule has 2 aromatic rings. The maximum absolute atomic E-state index is 5.09. The van der Waals surface area contributed by atoms with Gasteiger partial charge in [0.25, 0.3) is 0 Å². The van der Waals surface area contributed by atoms with Crippen LogP contribution in [0.2, 0.25) is 0 Å². The zero-order chi connectivity index (χ0) is 10.7. The predicted molar refractivity (Wildman–Crippen MR) is 63.8 cm³/mol. The van der Waals surface area contributed by atoms with E-state index in [2.05, 4.69) is 33.4 Å². The molecule has 78 valence electrons. The Morgan fingerprint density at radius 3 is 2.40 bits per heavy atom. The molecule has 1 N–H and O–H groups in total. The lowest BCUT2D eigenvalue weighted by atomic mass is 10.0. The van der Waals surface area contributed by atoms with Crippen molar-refractivity contribution in [1.82, 2.24) is 5.32 Å². The van der Waals surface area contributed by atoms with Crippen molar-refractivity contribution in [3.8, 4) is 0 Å². The van der Waals surface area contributed by atoms with Crippen molar-refractivity contribution in [2.24, 2.45) is 0 Å². The summed E-state index contributed by atoms with van der Waals surface area (Å²) in [5, 5.41) is 3.26. The van der Waals surface area contributed by atoms with Crippen LogP contribution in [-0.2, 0) is 0 Å². The van der Waals surface area contributed by atoms with E-state index in [0.717, 1.165) is 10.0 Å². The molecule has 0 amide bonds. The monoisotopic (exact) mass is 265 g/mol. The number of hydrogen-bond acceptors (Lipinski definition) is 2. The van der Waals surface area contributed by atoms with Crippen molar-refractivity contribution < 1.29 is 4.42 Å². The van der Waals surface area contributed by atoms with Gasteiger partial charge in [-0.2, -0.15) is 0 Å². The summed E-state index contributed by atoms with van der Waals surface area (Å²) >= 11 is 3.43. The van der Waals surface area contributed by atoms with Crippen molar-refractivity contribution in [1.29, 1.82) is 0 Å². The van der Waals surface area contributed by atoms with Crippen LogP contribution in [0, 0.1) is 0 Å². The van der Waals surface area contributed by atoms with Crippen molar-refractivity contribution in [3.05, 3.63) is 58.5 Å². The lowest BCUT2D eigenvalue weighted by molar-refractivity contribution is 0.557. The van der Waals surface area contributed by atoms with Crippen LogP contribution in [0.15, 0.2) is 51.7 Å². The van der Waals surface area contributed by atoms with Crippen LogP contribution in [0.3, 0.4) is 0 Å². The van der Waals surface area contributed by atoms with E-state index in [1.165, 1.54) is 5.56 Å². The first-order valence-corrected chi connectivity index (χ1v) is 5.55. The highest BCUT2D eigenvalue weighted by Crippen LogP contribution is 2.23. The summed E-state index contributed by atoms with van der Waals surface area (Å²) < 4.78 is 6.18. The number of furan rings is 1. The molecule has 0 aliphatic carbocycles. The van der Waals surface area contributed by atoms with Crippen molar-refractivity contribution >= 4 is 15.9 Å². The minimum absolute atomic E-state index is 0.192. The average Bonchev–Trinajstić information content (AvgIpc) is 2.75. The maximum Gasteiger partial charge on any atom is 0.0953 e. The highest BCUT2D eigenvalue weighted by molar-refractivity contribution is 9.10. The zero-order valence-corrected chi connectivity index (χ0v) is 9.99. The van der Waals surface area contributed by atoms with Gasteiger partial charge < -0.3 is 9.73 Å². The Kier molecular flexibility index (Phi) is 3.23. The number of nitrogens with one attached hydrogen (secondary N) is 1. The zero-order valence-electron chi connectivity index (χ0n) is 8.41. The van der Waals surface area contributed by atoms with Crippen LogP contribution in [-0.4, -0.2) is 7.05 Å². The smallest absolute Gasteiger partial charge is 0.0953 e. The molecule has 1 aromatic heterocycles. The topological polar surface area (TPSA) is 25.2 Å². The molecule has 3 heteroatoms. The van der Waals surface area contributed by atoms with Gasteiger partial charge in [-0.15, -0.1) is 0 Å². The second-order valence-electron chi connectivity index (χ2n) is 3.33. The molecule has 0 radical (unpaired) electrons. The third-order valence-corrected chi connectivity index (χ3v) is 2.90. The first-order chi connectivity index (χ1) is 7.31. The van der Waals surface area contributed by atoms with Gasteiger partial charge in [-0.05, 0) is 30.8 Å². The quantitative estimate of drug-likeness (QED) is 0.921. The Labute approximate surface area is 97.4 Å². The summed E-state index contributed by atoms with van der Waals surface area (Å²) in [4.78, 5) is 0. The summed E-state index contributed by atoms with van der Waals surface area (Å²) in [5.41, 5.74) is 2.36. The highest BCUT2D eigenvalue weighted by atomic mass is 79.9. The van der Waals surface area contributed by atoms with Gasteiger partial charge in [0.15, 0.2) is 0 Å². The van der Waals surface area contributed by atoms with E-state index in [-0.39, 0.29) is 6.04 Å². The minimum atomic E-state index is 0.192. The van der Waals surface area contributed by atoms with Crippen LogP contribution in [0.25, 0.3) is 0 Å². The van der Waals surface area contributed by atoms with Gasteiger partial charge >= 0.3 is 0 Å². The van der Waals surface area contributed by atoms with Crippen LogP contribution >= 0.6 is 15.9 Å². The summed E-state index contributed by atoms with van der Waals surface area (Å²) in [6.07, 6.45) is 3.46. The molecule has 0 fully saturated rings. The Hall–Kier alpha value is -1.06. The molecule has 0 bridgehead atoms. The van der Waals surface area contributed by atoms with Crippen LogP contribution in [0.5, 0.6) is 0 Å². The molecule has 0 saturated carbocycles. The molecular weight excluding hydrogens is 254 g/mol. The molecule has 1 heterocycles. The maximum atomic E-state index is 5.09. The summed E-state index contributed by atoms with van der Waals surface area (Å²) in [6, 6.07) is 10.4. The Morgan fingerprint density at radius 2 is 1.87 bits per heavy atom. The highest BCUT2D eigenvalue weighted by Gasteiger charge is 2.12. The second kappa shape index (κ2) is 4.64. The van der Waals surface area contributed by atoms with Crippen LogP contribution < -0.4 is 5.32 Å². The molecule has 15 heavy (non-hydrogen) atoms. The Morgan fingerprint density at radius 1 is 1.13 bits per heavy atom. The molecule has 1 unspecified atom stereocenters. The standard InChI is InChI=1S/C12H12BrNO/c1-14-12(10-6-7-15-8-10)9-2-4-11(13)5-3-9/h2-8,12,14H,1H3. The summed E-state index contributed by atoms with van der Waals surface area (Å²) in [5.74, 6) is 0. The largest absolute Gasteiger partial charge is 0.472 e. The van der Waals surface area contributed by atoms with E-state index in [1.54, 1.807) is 12.5 Å². The summed E-state index contributed by atoms with van der Waals surface area (Å²) in [7, 11) is 1.94. The van der Waals surface area contributed by atoms with E-state index in [9.17, 15) is 0 Å². The minimum Gasteiger partial charge on any atom is -0.472 e. The van der Waals surface area contributed by atoms with E-state index >= 15 is 0 Å². The van der Waals surface area contributed by atoms with E-state index < -0.39 is 0 Å². The van der Waals surface area contributed by atoms with E-state index in [0.29, 0.717) is 0 Å². The molecule has 0 saturated heterocycles. The Bertz CT molecular complexity index is 408. The SMILES string of the molecule is CNC(c1ccc(Br)cc1)c1ccoc1. The lowest BCUT2D eigenvalue weighted by Gasteiger charge is -2.14. The van der Waals surface area contributed by atoms with Gasteiger partial charge in [-0.25, -0.2) is 0 Å². The average molecular weight is 266 g/mol. The fourth-order valence-electron chi connectivity index (χ4n) is 1.62. The first-order valence-electron chi connectivity index (χ1n) is 4.76. The molecule has 0 aliphatic rings. The second-order valence-corrected chi connectivity index (χ2v) is 4.25. The Balaban J connectivity index is 2.31. The van der Waals surface area contributed by atoms with Crippen molar-refractivity contribution in [3.63, 3.8) is 0 Å². The van der Waals surface area contributed by atoms with Crippen molar-refractivity contribution in [2.75, 3.05) is 7.05 Å². The van der Waals surface area contributed by atoms with Gasteiger partial charge in [0.2, 0.25) is 0 Å². The number of rotatable bonds is 3. The lowest BCUT2D eigenvalue weighted by Crippen LogP contribution is -2.16. The fourth-order valence-corrected chi connectivity index (χ4v) is 1.88. The number of halogens is 1. The molecule has 2 rings (SSSR count). The first kappa shape index (κ1) is 10.5. The molecular formula is C12H12BrNO. The third-order valence-electron chi connectivity index (χ3n) is 2.37. The molecule has 1 atom stereocenters. The fraction of sp³-hybridized carbons (Fsp3) is 0.167. The van der Waals surface area contributed by atoms with Crippen LogP contribution in [0.1, 0.15) is 17.2 Å². The van der Waals surface area contributed by atoms with Gasteiger partial charge in [0.05, 0.1) is 18.6 Å². The van der Waals surface area contributed by atoms with E-state index in [4.69, 9.17) is 4.42 Å². The molecule has 0 aliphatic heterocycles. The van der Waals surface area contributed by atoms with Gasteiger partial charge in [-0.3, -0.25) is 0 Å². The summed E-state index contributed by atoms with van der Waals surface area (Å²) in [6.45, 7) is 0. The number of benzene rings is 1. The predicted octanol–water partition coefficient (Wildman–Crippen LogP) is 3.35. The van der Waals surface area contributed by atoms with E-state index in [1.807, 2.05) is 25.2 Å². The normalized spacial score (nSPS) is 12.7. The van der Waals surface area contributed by atoms with Gasteiger partial charge in [0.1, 0.15) is 0 Å². The van der Waals surface area contributed by atoms with Gasteiger partial charge in [0, 0.05) is 10.0 Å². The molecule has 1 aromatic carbocycles.